The van der Waals surface area contributed by atoms with Crippen LogP contribution in [0.2, 0.25) is 0 Å². The average Bonchev–Trinajstić information content (AvgIpc) is 3.28. The molecule has 162 valence electrons. The van der Waals surface area contributed by atoms with Gasteiger partial charge in [-0.2, -0.15) is 4.31 Å². The molecule has 2 aromatic carbocycles. The SMILES string of the molecule is COc1cc(CNC(=O)c2cccc(S(=O)(=O)N3CCCC3)c2)ccc1OC(C)C. The number of amides is 1. The van der Waals surface area contributed by atoms with Gasteiger partial charge in [0.2, 0.25) is 10.0 Å². The first kappa shape index (κ1) is 22.1. The highest BCUT2D eigenvalue weighted by molar-refractivity contribution is 7.89. The fraction of sp³-hybridized carbons (Fsp3) is 0.409. The molecule has 30 heavy (non-hydrogen) atoms. The minimum atomic E-state index is -3.56. The van der Waals surface area contributed by atoms with Crippen molar-refractivity contribution in [2.45, 2.75) is 44.2 Å². The molecule has 1 saturated heterocycles. The summed E-state index contributed by atoms with van der Waals surface area (Å²) in [4.78, 5) is 12.8. The highest BCUT2D eigenvalue weighted by Gasteiger charge is 2.27. The van der Waals surface area contributed by atoms with Gasteiger partial charge in [0.25, 0.3) is 5.91 Å². The van der Waals surface area contributed by atoms with Gasteiger partial charge in [-0.25, -0.2) is 8.42 Å². The van der Waals surface area contributed by atoms with Crippen molar-refractivity contribution >= 4 is 15.9 Å². The van der Waals surface area contributed by atoms with Crippen molar-refractivity contribution < 1.29 is 22.7 Å². The van der Waals surface area contributed by atoms with Crippen LogP contribution in [0.5, 0.6) is 11.5 Å². The van der Waals surface area contributed by atoms with Crippen LogP contribution in [0, 0.1) is 0 Å². The van der Waals surface area contributed by atoms with E-state index in [9.17, 15) is 13.2 Å². The van der Waals surface area contributed by atoms with E-state index in [1.54, 1.807) is 19.2 Å². The van der Waals surface area contributed by atoms with E-state index in [2.05, 4.69) is 5.32 Å². The second-order valence-electron chi connectivity index (χ2n) is 7.47. The summed E-state index contributed by atoms with van der Waals surface area (Å²) in [6.45, 7) is 5.20. The molecule has 3 rings (SSSR count). The van der Waals surface area contributed by atoms with E-state index in [0.29, 0.717) is 30.2 Å². The van der Waals surface area contributed by atoms with Crippen LogP contribution in [0.1, 0.15) is 42.6 Å². The first-order valence-electron chi connectivity index (χ1n) is 10.0. The van der Waals surface area contributed by atoms with Crippen molar-refractivity contribution in [1.82, 2.24) is 9.62 Å². The Morgan fingerprint density at radius 3 is 2.50 bits per heavy atom. The summed E-state index contributed by atoms with van der Waals surface area (Å²) in [5, 5.41) is 2.83. The molecule has 0 saturated carbocycles. The molecule has 1 N–H and O–H groups in total. The molecular weight excluding hydrogens is 404 g/mol. The highest BCUT2D eigenvalue weighted by Crippen LogP contribution is 2.29. The summed E-state index contributed by atoms with van der Waals surface area (Å²) >= 11 is 0. The van der Waals surface area contributed by atoms with Gasteiger partial charge in [-0.05, 0) is 62.6 Å². The molecule has 1 aliphatic rings. The van der Waals surface area contributed by atoms with E-state index in [1.807, 2.05) is 32.0 Å². The number of benzene rings is 2. The highest BCUT2D eigenvalue weighted by atomic mass is 32.2. The standard InChI is InChI=1S/C22H28N2O5S/c1-16(2)29-20-10-9-17(13-21(20)28-3)15-23-22(25)18-7-6-8-19(14-18)30(26,27)24-11-4-5-12-24/h6-10,13-14,16H,4-5,11-12,15H2,1-3H3,(H,23,25). The lowest BCUT2D eigenvalue weighted by Gasteiger charge is -2.16. The van der Waals surface area contributed by atoms with Crippen molar-refractivity contribution in [2.24, 2.45) is 0 Å². The van der Waals surface area contributed by atoms with Gasteiger partial charge in [0.1, 0.15) is 0 Å². The Labute approximate surface area is 178 Å². The number of rotatable bonds is 8. The monoisotopic (exact) mass is 432 g/mol. The lowest BCUT2D eigenvalue weighted by Crippen LogP contribution is -2.28. The second-order valence-corrected chi connectivity index (χ2v) is 9.41. The molecule has 1 aliphatic heterocycles. The second kappa shape index (κ2) is 9.49. The molecule has 1 amide bonds. The molecule has 1 heterocycles. The van der Waals surface area contributed by atoms with Crippen LogP contribution < -0.4 is 14.8 Å². The van der Waals surface area contributed by atoms with E-state index >= 15 is 0 Å². The first-order chi connectivity index (χ1) is 14.3. The largest absolute Gasteiger partial charge is 0.493 e. The summed E-state index contributed by atoms with van der Waals surface area (Å²) in [7, 11) is -2.00. The number of sulfonamides is 1. The molecule has 0 aliphatic carbocycles. The Bertz CT molecular complexity index is 998. The van der Waals surface area contributed by atoms with Crippen LogP contribution >= 0.6 is 0 Å². The van der Waals surface area contributed by atoms with Crippen LogP contribution in [0.3, 0.4) is 0 Å². The summed E-state index contributed by atoms with van der Waals surface area (Å²) in [6, 6.07) is 11.6. The normalized spacial score (nSPS) is 14.7. The predicted octanol–water partition coefficient (Wildman–Crippen LogP) is 3.20. The number of hydrogen-bond donors (Lipinski definition) is 1. The van der Waals surface area contributed by atoms with Crippen LogP contribution in [-0.4, -0.2) is 44.9 Å². The molecule has 1 fully saturated rings. The van der Waals surface area contributed by atoms with Crippen LogP contribution in [-0.2, 0) is 16.6 Å². The Morgan fingerprint density at radius 1 is 1.10 bits per heavy atom. The molecule has 8 heteroatoms. The number of nitrogens with zero attached hydrogens (tertiary/aromatic N) is 1. The third-order valence-electron chi connectivity index (χ3n) is 4.84. The van der Waals surface area contributed by atoms with Crippen molar-refractivity contribution in [1.29, 1.82) is 0 Å². The number of hydrogen-bond acceptors (Lipinski definition) is 5. The van der Waals surface area contributed by atoms with Crippen molar-refractivity contribution in [3.63, 3.8) is 0 Å². The van der Waals surface area contributed by atoms with Crippen molar-refractivity contribution in [2.75, 3.05) is 20.2 Å². The fourth-order valence-corrected chi connectivity index (χ4v) is 4.90. The Balaban J connectivity index is 1.69. The van der Waals surface area contributed by atoms with Gasteiger partial charge in [-0.15, -0.1) is 0 Å². The molecular formula is C22H28N2O5S. The third-order valence-corrected chi connectivity index (χ3v) is 6.74. The van der Waals surface area contributed by atoms with E-state index in [-0.39, 0.29) is 23.5 Å². The maximum Gasteiger partial charge on any atom is 0.251 e. The molecule has 0 spiro atoms. The van der Waals surface area contributed by atoms with Crippen molar-refractivity contribution in [3.8, 4) is 11.5 Å². The molecule has 7 nitrogen and oxygen atoms in total. The lowest BCUT2D eigenvalue weighted by atomic mass is 10.1. The lowest BCUT2D eigenvalue weighted by molar-refractivity contribution is 0.0950. The molecule has 0 atom stereocenters. The van der Waals surface area contributed by atoms with E-state index in [4.69, 9.17) is 9.47 Å². The minimum absolute atomic E-state index is 0.0218. The van der Waals surface area contributed by atoms with Crippen LogP contribution in [0.15, 0.2) is 47.4 Å². The maximum absolute atomic E-state index is 12.7. The summed E-state index contributed by atoms with van der Waals surface area (Å²) in [5.74, 6) is 0.895. The Morgan fingerprint density at radius 2 is 1.83 bits per heavy atom. The molecule has 0 bridgehead atoms. The fourth-order valence-electron chi connectivity index (χ4n) is 3.33. The Kier molecular flexibility index (Phi) is 6.99. The summed E-state index contributed by atoms with van der Waals surface area (Å²) < 4.78 is 38.0. The summed E-state index contributed by atoms with van der Waals surface area (Å²) in [5.41, 5.74) is 1.15. The smallest absolute Gasteiger partial charge is 0.251 e. The number of carbonyl (C=O) groups excluding carboxylic acids is 1. The van der Waals surface area contributed by atoms with Crippen LogP contribution in [0.4, 0.5) is 0 Å². The number of ether oxygens (including phenoxy) is 2. The van der Waals surface area contributed by atoms with E-state index in [0.717, 1.165) is 18.4 Å². The van der Waals surface area contributed by atoms with Gasteiger partial charge in [0.15, 0.2) is 11.5 Å². The van der Waals surface area contributed by atoms with Gasteiger partial charge < -0.3 is 14.8 Å². The summed E-state index contributed by atoms with van der Waals surface area (Å²) in [6.07, 6.45) is 1.75. The molecule has 0 unspecified atom stereocenters. The van der Waals surface area contributed by atoms with Gasteiger partial charge in [0.05, 0.1) is 18.1 Å². The number of methoxy groups -OCH3 is 1. The Hall–Kier alpha value is -2.58. The zero-order chi connectivity index (χ0) is 21.7. The van der Waals surface area contributed by atoms with Gasteiger partial charge in [0, 0.05) is 25.2 Å². The maximum atomic E-state index is 12.7. The predicted molar refractivity (Wildman–Crippen MR) is 114 cm³/mol. The first-order valence-corrected chi connectivity index (χ1v) is 11.5. The minimum Gasteiger partial charge on any atom is -0.493 e. The van der Waals surface area contributed by atoms with Crippen molar-refractivity contribution in [3.05, 3.63) is 53.6 Å². The molecule has 0 radical (unpaired) electrons. The third kappa shape index (κ3) is 5.12. The van der Waals surface area contributed by atoms with Gasteiger partial charge in [-0.3, -0.25) is 4.79 Å². The zero-order valence-corrected chi connectivity index (χ0v) is 18.4. The van der Waals surface area contributed by atoms with Crippen LogP contribution in [0.25, 0.3) is 0 Å². The average molecular weight is 433 g/mol. The van der Waals surface area contributed by atoms with E-state index < -0.39 is 10.0 Å². The zero-order valence-electron chi connectivity index (χ0n) is 17.6. The van der Waals surface area contributed by atoms with E-state index in [1.165, 1.54) is 16.4 Å². The number of nitrogens with one attached hydrogen (secondary N) is 1. The van der Waals surface area contributed by atoms with Gasteiger partial charge >= 0.3 is 0 Å². The molecule has 0 aromatic heterocycles. The number of carbonyl (C=O) groups is 1. The molecule has 2 aromatic rings. The topological polar surface area (TPSA) is 84.9 Å². The quantitative estimate of drug-likeness (QED) is 0.692. The van der Waals surface area contributed by atoms with Gasteiger partial charge in [-0.1, -0.05) is 12.1 Å².